The summed E-state index contributed by atoms with van der Waals surface area (Å²) in [4.78, 5) is 45.4. The molecule has 31 heavy (non-hydrogen) atoms. The lowest BCUT2D eigenvalue weighted by Gasteiger charge is -2.21. The summed E-state index contributed by atoms with van der Waals surface area (Å²) < 4.78 is 0. The molecule has 1 fully saturated rings. The van der Waals surface area contributed by atoms with Crippen molar-refractivity contribution in [1.29, 1.82) is 0 Å². The monoisotopic (exact) mass is 461 g/mol. The highest BCUT2D eigenvalue weighted by Crippen LogP contribution is 2.39. The third-order valence-corrected chi connectivity index (χ3v) is 7.15. The summed E-state index contributed by atoms with van der Waals surface area (Å²) in [6, 6.07) is 2.86. The molecule has 10 heteroatoms. The Morgan fingerprint density at radius 2 is 2.10 bits per heavy atom. The van der Waals surface area contributed by atoms with Crippen LogP contribution in [0.4, 0.5) is 9.93 Å². The number of anilines is 1. The second kappa shape index (κ2) is 8.12. The number of benzene rings is 1. The number of aryl methyl sites for hydroxylation is 1. The number of carbonyl (C=O) groups excluding carboxylic acids is 3. The molecule has 0 aliphatic carbocycles. The maximum atomic E-state index is 12.6. The number of nitrogens with zero attached hydrogens (tertiary/aromatic N) is 3. The summed E-state index contributed by atoms with van der Waals surface area (Å²) in [6.07, 6.45) is 1.31. The van der Waals surface area contributed by atoms with E-state index in [1.807, 2.05) is 26.8 Å². The largest absolute Gasteiger partial charge is 0.368 e. The van der Waals surface area contributed by atoms with Gasteiger partial charge >= 0.3 is 6.03 Å². The van der Waals surface area contributed by atoms with Gasteiger partial charge in [0.1, 0.15) is 6.04 Å². The Bertz CT molecular complexity index is 1080. The van der Waals surface area contributed by atoms with E-state index in [4.69, 9.17) is 17.3 Å². The highest BCUT2D eigenvalue weighted by atomic mass is 35.5. The summed E-state index contributed by atoms with van der Waals surface area (Å²) in [5.74, 6) is -0.549. The van der Waals surface area contributed by atoms with Crippen LogP contribution >= 0.6 is 22.9 Å². The summed E-state index contributed by atoms with van der Waals surface area (Å²) >= 11 is 7.81. The van der Waals surface area contributed by atoms with Gasteiger partial charge in [0, 0.05) is 19.1 Å². The molecule has 1 aromatic heterocycles. The topological polar surface area (TPSA) is 109 Å². The highest BCUT2D eigenvalue weighted by molar-refractivity contribution is 7.19. The Morgan fingerprint density at radius 3 is 2.77 bits per heavy atom. The minimum Gasteiger partial charge on any atom is -0.368 e. The number of likely N-dealkylation sites (tertiary alicyclic amines) is 1. The molecule has 2 aliphatic heterocycles. The van der Waals surface area contributed by atoms with Gasteiger partial charge in [0.25, 0.3) is 5.91 Å². The van der Waals surface area contributed by atoms with Crippen molar-refractivity contribution in [2.24, 2.45) is 5.73 Å². The first kappa shape index (κ1) is 21.6. The van der Waals surface area contributed by atoms with Crippen molar-refractivity contribution in [3.63, 3.8) is 0 Å². The molecule has 3 heterocycles. The molecule has 1 atom stereocenters. The van der Waals surface area contributed by atoms with Gasteiger partial charge in [-0.05, 0) is 56.9 Å². The van der Waals surface area contributed by atoms with E-state index in [9.17, 15) is 14.4 Å². The van der Waals surface area contributed by atoms with Gasteiger partial charge in [-0.1, -0.05) is 22.9 Å². The smallest absolute Gasteiger partial charge is 0.324 e. The number of fused-ring (bicyclic) bond motifs is 1. The fourth-order valence-electron chi connectivity index (χ4n) is 4.16. The number of rotatable bonds is 4. The molecule has 4 amide bonds. The van der Waals surface area contributed by atoms with Gasteiger partial charge in [0.2, 0.25) is 5.91 Å². The molecule has 2 aliphatic rings. The summed E-state index contributed by atoms with van der Waals surface area (Å²) in [7, 11) is 0. The van der Waals surface area contributed by atoms with Crippen LogP contribution in [0.1, 0.15) is 48.3 Å². The number of thiazole rings is 1. The van der Waals surface area contributed by atoms with E-state index >= 15 is 0 Å². The number of hydrogen-bond acceptors (Lipinski definition) is 5. The van der Waals surface area contributed by atoms with Crippen molar-refractivity contribution in [2.75, 3.05) is 11.9 Å². The normalized spacial score (nSPS) is 18.1. The van der Waals surface area contributed by atoms with Crippen LogP contribution in [0.3, 0.4) is 0 Å². The Balaban J connectivity index is 1.59. The second-order valence-electron chi connectivity index (χ2n) is 8.14. The van der Waals surface area contributed by atoms with Gasteiger partial charge < -0.3 is 15.5 Å². The molecule has 2 aromatic rings. The van der Waals surface area contributed by atoms with Crippen LogP contribution in [0.5, 0.6) is 0 Å². The van der Waals surface area contributed by atoms with E-state index in [2.05, 4.69) is 10.3 Å². The molecule has 1 aromatic carbocycles. The third kappa shape index (κ3) is 3.87. The Hall–Kier alpha value is -2.65. The van der Waals surface area contributed by atoms with E-state index in [0.29, 0.717) is 35.2 Å². The van der Waals surface area contributed by atoms with Crippen LogP contribution in [0.25, 0.3) is 10.4 Å². The Labute approximate surface area is 189 Å². The maximum absolute atomic E-state index is 12.6. The molecule has 0 saturated carbocycles. The van der Waals surface area contributed by atoms with Crippen molar-refractivity contribution in [1.82, 2.24) is 14.8 Å². The molecule has 164 valence electrons. The average Bonchev–Trinajstić information content (AvgIpc) is 3.39. The fraction of sp³-hybridized carbons (Fsp3) is 0.429. The Kier molecular flexibility index (Phi) is 5.65. The van der Waals surface area contributed by atoms with E-state index in [0.717, 1.165) is 28.1 Å². The average molecular weight is 462 g/mol. The van der Waals surface area contributed by atoms with Crippen molar-refractivity contribution in [2.45, 2.75) is 52.2 Å². The lowest BCUT2D eigenvalue weighted by atomic mass is 10.0. The number of primary amides is 1. The number of aromatic nitrogens is 1. The van der Waals surface area contributed by atoms with Crippen LogP contribution in [0.2, 0.25) is 5.02 Å². The predicted molar refractivity (Wildman–Crippen MR) is 120 cm³/mol. The van der Waals surface area contributed by atoms with Crippen molar-refractivity contribution < 1.29 is 14.4 Å². The SMILES string of the molecule is Cc1nc(NC(=O)N2CCC[C@H]2C(N)=O)sc1-c1cc(Cl)c2c(c1)CN(C(C)C)C2=O. The zero-order chi connectivity index (χ0) is 22.4. The van der Waals surface area contributed by atoms with Crippen LogP contribution in [0, 0.1) is 6.92 Å². The van der Waals surface area contributed by atoms with Crippen molar-refractivity contribution in [3.05, 3.63) is 34.0 Å². The van der Waals surface area contributed by atoms with E-state index in [1.165, 1.54) is 16.2 Å². The molecule has 0 spiro atoms. The third-order valence-electron chi connectivity index (χ3n) is 5.73. The number of halogens is 1. The van der Waals surface area contributed by atoms with Gasteiger partial charge in [-0.2, -0.15) is 0 Å². The Morgan fingerprint density at radius 1 is 1.35 bits per heavy atom. The van der Waals surface area contributed by atoms with Gasteiger partial charge in [-0.25, -0.2) is 9.78 Å². The first-order valence-electron chi connectivity index (χ1n) is 10.2. The standard InChI is InChI=1S/C21H24ClN5O3S/c1-10(2)27-9-13-7-12(8-14(22)16(13)19(27)29)17-11(3)24-20(31-17)25-21(30)26-6-4-5-15(26)18(23)28/h7-8,10,15H,4-6,9H2,1-3H3,(H2,23,28)(H,24,25,30)/t15-/m0/s1. The number of amides is 4. The minimum atomic E-state index is -0.586. The second-order valence-corrected chi connectivity index (χ2v) is 9.54. The van der Waals surface area contributed by atoms with Crippen molar-refractivity contribution in [3.8, 4) is 10.4 Å². The lowest BCUT2D eigenvalue weighted by Crippen LogP contribution is -2.45. The summed E-state index contributed by atoms with van der Waals surface area (Å²) in [5, 5.41) is 3.64. The zero-order valence-electron chi connectivity index (χ0n) is 17.6. The van der Waals surface area contributed by atoms with E-state index in [-0.39, 0.29) is 18.0 Å². The molecular weight excluding hydrogens is 438 g/mol. The number of carbonyl (C=O) groups is 3. The van der Waals surface area contributed by atoms with Gasteiger partial charge in [0.05, 0.1) is 21.2 Å². The molecule has 4 rings (SSSR count). The predicted octanol–water partition coefficient (Wildman–Crippen LogP) is 3.62. The molecule has 0 radical (unpaired) electrons. The first-order valence-corrected chi connectivity index (χ1v) is 11.3. The van der Waals surface area contributed by atoms with Gasteiger partial charge in [-0.3, -0.25) is 14.9 Å². The van der Waals surface area contributed by atoms with Crippen LogP contribution in [0.15, 0.2) is 12.1 Å². The molecule has 3 N–H and O–H groups in total. The summed E-state index contributed by atoms with van der Waals surface area (Å²) in [6.45, 7) is 6.81. The molecular formula is C21H24ClN5O3S. The fourth-order valence-corrected chi connectivity index (χ4v) is 5.42. The molecule has 0 bridgehead atoms. The number of nitrogens with two attached hydrogens (primary N) is 1. The zero-order valence-corrected chi connectivity index (χ0v) is 19.1. The number of hydrogen-bond donors (Lipinski definition) is 2. The number of urea groups is 1. The van der Waals surface area contributed by atoms with Crippen LogP contribution < -0.4 is 11.1 Å². The minimum absolute atomic E-state index is 0.0508. The van der Waals surface area contributed by atoms with E-state index < -0.39 is 11.9 Å². The summed E-state index contributed by atoms with van der Waals surface area (Å²) in [5.41, 5.74) is 8.45. The van der Waals surface area contributed by atoms with Crippen LogP contribution in [-0.2, 0) is 11.3 Å². The van der Waals surface area contributed by atoms with E-state index in [1.54, 1.807) is 11.0 Å². The maximum Gasteiger partial charge on any atom is 0.324 e. The number of nitrogens with one attached hydrogen (secondary N) is 1. The first-order chi connectivity index (χ1) is 14.7. The molecule has 8 nitrogen and oxygen atoms in total. The van der Waals surface area contributed by atoms with Gasteiger partial charge in [0.15, 0.2) is 5.13 Å². The highest BCUT2D eigenvalue weighted by Gasteiger charge is 2.34. The molecule has 1 saturated heterocycles. The molecule has 0 unspecified atom stereocenters. The lowest BCUT2D eigenvalue weighted by molar-refractivity contribution is -0.121. The van der Waals surface area contributed by atoms with Gasteiger partial charge in [-0.15, -0.1) is 0 Å². The quantitative estimate of drug-likeness (QED) is 0.724. The van der Waals surface area contributed by atoms with Crippen LogP contribution in [-0.4, -0.2) is 51.3 Å². The van der Waals surface area contributed by atoms with Crippen molar-refractivity contribution >= 4 is 45.9 Å².